The maximum absolute atomic E-state index is 12.9. The van der Waals surface area contributed by atoms with E-state index in [1.807, 2.05) is 0 Å². The van der Waals surface area contributed by atoms with Gasteiger partial charge in [-0.1, -0.05) is 0 Å². The molecule has 1 fully saturated rings. The van der Waals surface area contributed by atoms with Crippen LogP contribution in [0.25, 0.3) is 22.1 Å². The van der Waals surface area contributed by atoms with E-state index in [4.69, 9.17) is 4.74 Å². The van der Waals surface area contributed by atoms with Gasteiger partial charge < -0.3 is 25.0 Å². The van der Waals surface area contributed by atoms with Crippen molar-refractivity contribution in [3.05, 3.63) is 28.8 Å². The molecule has 0 radical (unpaired) electrons. The van der Waals surface area contributed by atoms with Gasteiger partial charge in [-0.15, -0.1) is 0 Å². The lowest BCUT2D eigenvalue weighted by Crippen LogP contribution is -2.40. The Labute approximate surface area is 171 Å². The number of carbonyl (C=O) groups excluding carboxylic acids is 1. The van der Waals surface area contributed by atoms with Crippen molar-refractivity contribution in [3.8, 4) is 5.88 Å². The summed E-state index contributed by atoms with van der Waals surface area (Å²) in [5, 5.41) is 21.2. The van der Waals surface area contributed by atoms with Crippen LogP contribution in [0.5, 0.6) is 5.88 Å². The maximum Gasteiger partial charge on any atom is 0.271 e. The van der Waals surface area contributed by atoms with E-state index >= 15 is 0 Å². The van der Waals surface area contributed by atoms with Gasteiger partial charge in [-0.25, -0.2) is 9.97 Å². The van der Waals surface area contributed by atoms with Crippen LogP contribution in [-0.4, -0.2) is 72.4 Å². The molecule has 29 heavy (non-hydrogen) atoms. The Kier molecular flexibility index (Phi) is 4.28. The average Bonchev–Trinajstić information content (AvgIpc) is 3.33. The molecular weight excluding hydrogens is 444 g/mol. The predicted molar refractivity (Wildman–Crippen MR) is 107 cm³/mol. The van der Waals surface area contributed by atoms with E-state index in [0.29, 0.717) is 64.7 Å². The van der Waals surface area contributed by atoms with E-state index in [0.717, 1.165) is 5.39 Å². The van der Waals surface area contributed by atoms with Crippen molar-refractivity contribution in [2.75, 3.05) is 31.6 Å². The number of rotatable bonds is 3. The van der Waals surface area contributed by atoms with Gasteiger partial charge in [0, 0.05) is 18.5 Å². The van der Waals surface area contributed by atoms with Crippen LogP contribution in [0.2, 0.25) is 0 Å². The Balaban J connectivity index is 1.55. The molecule has 1 aliphatic heterocycles. The smallest absolute Gasteiger partial charge is 0.271 e. The second-order valence-electron chi connectivity index (χ2n) is 6.46. The van der Waals surface area contributed by atoms with Gasteiger partial charge in [0.2, 0.25) is 5.88 Å². The fraction of sp³-hybridized carbons (Fsp3) is 0.235. The molecule has 12 heteroatoms. The van der Waals surface area contributed by atoms with E-state index in [-0.39, 0.29) is 11.8 Å². The first-order valence-corrected chi connectivity index (χ1v) is 9.60. The molecular formula is C17H15BrN8O3. The highest BCUT2D eigenvalue weighted by molar-refractivity contribution is 9.10. The third-order valence-electron chi connectivity index (χ3n) is 4.70. The van der Waals surface area contributed by atoms with Crippen molar-refractivity contribution in [1.29, 1.82) is 0 Å². The van der Waals surface area contributed by atoms with E-state index in [9.17, 15) is 9.90 Å². The van der Waals surface area contributed by atoms with Crippen molar-refractivity contribution in [3.63, 3.8) is 0 Å². The molecule has 4 aromatic heterocycles. The summed E-state index contributed by atoms with van der Waals surface area (Å²) in [6.45, 7) is 2.08. The van der Waals surface area contributed by atoms with Gasteiger partial charge in [0.05, 0.1) is 29.3 Å². The van der Waals surface area contributed by atoms with Crippen LogP contribution in [0.1, 0.15) is 10.5 Å². The highest BCUT2D eigenvalue weighted by Gasteiger charge is 2.25. The predicted octanol–water partition coefficient (Wildman–Crippen LogP) is 1.91. The summed E-state index contributed by atoms with van der Waals surface area (Å²) >= 11 is 3.51. The Morgan fingerprint density at radius 3 is 2.93 bits per heavy atom. The molecule has 1 amide bonds. The molecule has 5 rings (SSSR count). The number of morpholine rings is 1. The van der Waals surface area contributed by atoms with E-state index < -0.39 is 0 Å². The topological polar surface area (TPSA) is 145 Å². The van der Waals surface area contributed by atoms with Crippen molar-refractivity contribution >= 4 is 55.4 Å². The van der Waals surface area contributed by atoms with Crippen LogP contribution in [0.3, 0.4) is 0 Å². The zero-order chi connectivity index (χ0) is 20.0. The number of hydrogen-bond acceptors (Lipinski definition) is 8. The molecule has 1 saturated heterocycles. The first-order chi connectivity index (χ1) is 14.1. The third-order valence-corrected chi connectivity index (χ3v) is 5.49. The molecule has 1 aliphatic rings. The fourth-order valence-electron chi connectivity index (χ4n) is 3.24. The van der Waals surface area contributed by atoms with Crippen LogP contribution in [0.15, 0.2) is 23.1 Å². The molecule has 11 nitrogen and oxygen atoms in total. The summed E-state index contributed by atoms with van der Waals surface area (Å²) in [5.74, 6) is 0.0670. The minimum atomic E-state index is -0.204. The number of anilines is 2. The number of pyridine rings is 1. The Hall–Kier alpha value is -3.25. The maximum atomic E-state index is 12.9. The fourth-order valence-corrected chi connectivity index (χ4v) is 3.89. The normalized spacial score (nSPS) is 14.6. The molecule has 0 bridgehead atoms. The number of hydrogen-bond donors (Lipinski definition) is 4. The van der Waals surface area contributed by atoms with E-state index in [1.165, 1.54) is 6.33 Å². The Bertz CT molecular complexity index is 1230. The summed E-state index contributed by atoms with van der Waals surface area (Å²) < 4.78 is 5.86. The second-order valence-corrected chi connectivity index (χ2v) is 7.25. The van der Waals surface area contributed by atoms with Gasteiger partial charge in [-0.2, -0.15) is 10.1 Å². The number of nitrogens with one attached hydrogen (secondary N) is 3. The number of aromatic hydroxyl groups is 1. The largest absolute Gasteiger partial charge is 0.492 e. The van der Waals surface area contributed by atoms with Gasteiger partial charge in [0.15, 0.2) is 5.65 Å². The lowest BCUT2D eigenvalue weighted by molar-refractivity contribution is 0.0299. The number of nitrogens with zero attached hydrogens (tertiary/aromatic N) is 5. The van der Waals surface area contributed by atoms with Gasteiger partial charge in [0.25, 0.3) is 5.91 Å². The van der Waals surface area contributed by atoms with Gasteiger partial charge >= 0.3 is 0 Å². The second kappa shape index (κ2) is 6.97. The van der Waals surface area contributed by atoms with Crippen LogP contribution >= 0.6 is 15.9 Å². The highest BCUT2D eigenvalue weighted by Crippen LogP contribution is 2.35. The minimum Gasteiger partial charge on any atom is -0.492 e. The summed E-state index contributed by atoms with van der Waals surface area (Å²) in [6, 6.07) is 1.70. The molecule has 148 valence electrons. The molecule has 0 spiro atoms. The van der Waals surface area contributed by atoms with Crippen molar-refractivity contribution < 1.29 is 14.6 Å². The number of aromatic amines is 2. The summed E-state index contributed by atoms with van der Waals surface area (Å²) in [6.07, 6.45) is 2.98. The van der Waals surface area contributed by atoms with Gasteiger partial charge in [-0.3, -0.25) is 9.89 Å². The average molecular weight is 459 g/mol. The Morgan fingerprint density at radius 2 is 2.10 bits per heavy atom. The van der Waals surface area contributed by atoms with Crippen molar-refractivity contribution in [1.82, 2.24) is 35.0 Å². The molecule has 5 heterocycles. The van der Waals surface area contributed by atoms with E-state index in [2.05, 4.69) is 51.4 Å². The number of aromatic nitrogens is 6. The zero-order valence-electron chi connectivity index (χ0n) is 14.9. The Morgan fingerprint density at radius 1 is 1.28 bits per heavy atom. The highest BCUT2D eigenvalue weighted by atomic mass is 79.9. The van der Waals surface area contributed by atoms with Crippen molar-refractivity contribution in [2.24, 2.45) is 0 Å². The number of ether oxygens (including phenoxy) is 1. The summed E-state index contributed by atoms with van der Waals surface area (Å²) in [5.41, 5.74) is 1.70. The molecule has 0 atom stereocenters. The SMILES string of the molecule is O=C(c1[nH]c2ncnc(Nc3cc4cn[nH]c4nc3O)c2c1Br)N1CCOCC1. The van der Waals surface area contributed by atoms with Crippen LogP contribution in [0.4, 0.5) is 11.5 Å². The standard InChI is InChI=1S/C17H15BrN8O3/c18-11-10-14(22-9-5-8-6-21-25-13(8)24-16(9)27)19-7-20-15(10)23-12(11)17(28)26-1-3-29-4-2-26/h5-7H,1-4H2,(H2,19,20,22,23)(H2,21,24,25,27). The van der Waals surface area contributed by atoms with Crippen molar-refractivity contribution in [2.45, 2.75) is 0 Å². The quantitative estimate of drug-likeness (QED) is 0.364. The lowest BCUT2D eigenvalue weighted by atomic mass is 10.2. The molecule has 0 aromatic carbocycles. The number of carbonyl (C=O) groups is 1. The third kappa shape index (κ3) is 3.06. The monoisotopic (exact) mass is 458 g/mol. The minimum absolute atomic E-state index is 0.145. The lowest BCUT2D eigenvalue weighted by Gasteiger charge is -2.26. The number of amides is 1. The zero-order valence-corrected chi connectivity index (χ0v) is 16.5. The molecule has 4 aromatic rings. The molecule has 0 aliphatic carbocycles. The van der Waals surface area contributed by atoms with Gasteiger partial charge in [-0.05, 0) is 22.0 Å². The first kappa shape index (κ1) is 17.8. The molecule has 0 saturated carbocycles. The first-order valence-electron chi connectivity index (χ1n) is 8.81. The summed E-state index contributed by atoms with van der Waals surface area (Å²) in [4.78, 5) is 30.3. The van der Waals surface area contributed by atoms with Crippen LogP contribution in [0, 0.1) is 0 Å². The van der Waals surface area contributed by atoms with Gasteiger partial charge in [0.1, 0.15) is 29.2 Å². The number of halogens is 1. The van der Waals surface area contributed by atoms with Crippen LogP contribution in [-0.2, 0) is 4.74 Å². The molecule has 4 N–H and O–H groups in total. The molecule has 0 unspecified atom stereocenters. The van der Waals surface area contributed by atoms with E-state index in [1.54, 1.807) is 17.2 Å². The number of fused-ring (bicyclic) bond motifs is 2. The van der Waals surface area contributed by atoms with Crippen LogP contribution < -0.4 is 5.32 Å². The summed E-state index contributed by atoms with van der Waals surface area (Å²) in [7, 11) is 0. The number of H-pyrrole nitrogens is 2.